The zero-order valence-electron chi connectivity index (χ0n) is 13.4. The van der Waals surface area contributed by atoms with Crippen molar-refractivity contribution >= 4 is 28.7 Å². The van der Waals surface area contributed by atoms with Crippen LogP contribution in [-0.2, 0) is 4.79 Å². The van der Waals surface area contributed by atoms with Crippen LogP contribution >= 0.6 is 11.6 Å². The van der Waals surface area contributed by atoms with Gasteiger partial charge in [-0.05, 0) is 52.0 Å². The van der Waals surface area contributed by atoms with Crippen molar-refractivity contribution < 1.29 is 19.1 Å². The number of allylic oxidation sites excluding steroid dienone is 2. The van der Waals surface area contributed by atoms with E-state index in [2.05, 4.69) is 0 Å². The molecule has 0 spiro atoms. The van der Waals surface area contributed by atoms with E-state index in [1.54, 1.807) is 31.2 Å². The molecule has 4 nitrogen and oxygen atoms in total. The second-order valence-electron chi connectivity index (χ2n) is 5.32. The fraction of sp³-hybridized carbons (Fsp3) is 0.222. The normalized spacial score (nSPS) is 12.0. The molecule has 1 N–H and O–H groups in total. The monoisotopic (exact) mass is 332 g/mol. The molecule has 2 aromatic rings. The van der Waals surface area contributed by atoms with Crippen molar-refractivity contribution in [1.82, 2.24) is 0 Å². The average Bonchev–Trinajstić information content (AvgIpc) is 2.76. The number of benzene rings is 1. The van der Waals surface area contributed by atoms with Gasteiger partial charge in [-0.15, -0.1) is 0 Å². The number of Topliss-reactive ketones (excluding diaryl/α,β-unsaturated/α-hetero) is 2. The summed E-state index contributed by atoms with van der Waals surface area (Å²) >= 11 is 5.90. The Morgan fingerprint density at radius 1 is 1.04 bits per heavy atom. The third-order valence-electron chi connectivity index (χ3n) is 3.51. The third kappa shape index (κ3) is 3.22. The first-order valence-electron chi connectivity index (χ1n) is 7.05. The zero-order chi connectivity index (χ0) is 17.3. The molecule has 0 aliphatic rings. The first-order valence-corrected chi connectivity index (χ1v) is 7.43. The minimum absolute atomic E-state index is 0.0806. The lowest BCUT2D eigenvalue weighted by Gasteiger charge is -2.08. The molecule has 0 aliphatic heterocycles. The highest BCUT2D eigenvalue weighted by Gasteiger charge is 2.28. The Kier molecular flexibility index (Phi) is 4.76. The second-order valence-corrected chi connectivity index (χ2v) is 5.75. The van der Waals surface area contributed by atoms with Gasteiger partial charge in [0.25, 0.3) is 0 Å². The summed E-state index contributed by atoms with van der Waals surface area (Å²) in [5, 5.41) is 10.5. The highest BCUT2D eigenvalue weighted by atomic mass is 35.5. The van der Waals surface area contributed by atoms with E-state index in [-0.39, 0.29) is 22.9 Å². The largest absolute Gasteiger partial charge is 0.512 e. The molecule has 120 valence electrons. The Morgan fingerprint density at radius 2 is 1.61 bits per heavy atom. The topological polar surface area (TPSA) is 67.5 Å². The van der Waals surface area contributed by atoms with Crippen LogP contribution in [0.1, 0.15) is 42.5 Å². The lowest BCUT2D eigenvalue weighted by atomic mass is 9.92. The minimum Gasteiger partial charge on any atom is -0.512 e. The summed E-state index contributed by atoms with van der Waals surface area (Å²) in [6.45, 7) is 5.81. The van der Waals surface area contributed by atoms with Crippen LogP contribution in [0.5, 0.6) is 0 Å². The Balaban J connectivity index is 2.86. The lowest BCUT2D eigenvalue weighted by molar-refractivity contribution is -0.111. The van der Waals surface area contributed by atoms with E-state index in [1.165, 1.54) is 20.8 Å². The molecule has 0 saturated heterocycles. The molecule has 0 saturated carbocycles. The maximum absolute atomic E-state index is 12.0. The molecule has 1 aromatic carbocycles. The van der Waals surface area contributed by atoms with Gasteiger partial charge in [0.15, 0.2) is 11.6 Å². The fourth-order valence-electron chi connectivity index (χ4n) is 2.62. The van der Waals surface area contributed by atoms with Gasteiger partial charge < -0.3 is 9.52 Å². The number of halogens is 1. The number of ketones is 2. The van der Waals surface area contributed by atoms with Crippen molar-refractivity contribution in [3.8, 4) is 11.3 Å². The summed E-state index contributed by atoms with van der Waals surface area (Å²) < 4.78 is 5.75. The Labute approximate surface area is 139 Å². The van der Waals surface area contributed by atoms with Crippen LogP contribution in [0.4, 0.5) is 0 Å². The number of hydrogen-bond donors (Lipinski definition) is 1. The molecule has 0 amide bonds. The lowest BCUT2D eigenvalue weighted by Crippen LogP contribution is -2.05. The van der Waals surface area contributed by atoms with Crippen LogP contribution in [0.25, 0.3) is 16.9 Å². The quantitative estimate of drug-likeness (QED) is 0.486. The van der Waals surface area contributed by atoms with Crippen molar-refractivity contribution in [2.75, 3.05) is 0 Å². The first-order chi connectivity index (χ1) is 10.7. The fourth-order valence-corrected chi connectivity index (χ4v) is 2.75. The molecule has 2 rings (SSSR count). The van der Waals surface area contributed by atoms with E-state index in [1.807, 2.05) is 0 Å². The number of aliphatic hydroxyl groups is 1. The van der Waals surface area contributed by atoms with Crippen molar-refractivity contribution in [3.63, 3.8) is 0 Å². The number of hydrogen-bond acceptors (Lipinski definition) is 4. The van der Waals surface area contributed by atoms with E-state index in [4.69, 9.17) is 16.0 Å². The highest BCUT2D eigenvalue weighted by Crippen LogP contribution is 2.38. The SMILES string of the molecule is CC(=O)/C(=C(/C)O)c1c(-c2ccc(Cl)cc2)oc(C)c1C(C)=O. The van der Waals surface area contributed by atoms with Gasteiger partial charge in [0.1, 0.15) is 17.3 Å². The molecule has 0 atom stereocenters. The Morgan fingerprint density at radius 3 is 2.04 bits per heavy atom. The molecular weight excluding hydrogens is 316 g/mol. The molecule has 0 aliphatic carbocycles. The van der Waals surface area contributed by atoms with Gasteiger partial charge in [0.05, 0.1) is 11.1 Å². The second kappa shape index (κ2) is 6.42. The zero-order valence-corrected chi connectivity index (χ0v) is 14.1. The van der Waals surface area contributed by atoms with E-state index >= 15 is 0 Å². The van der Waals surface area contributed by atoms with E-state index in [9.17, 15) is 14.7 Å². The van der Waals surface area contributed by atoms with Crippen LogP contribution in [0.3, 0.4) is 0 Å². The van der Waals surface area contributed by atoms with Crippen molar-refractivity contribution in [2.45, 2.75) is 27.7 Å². The number of furan rings is 1. The van der Waals surface area contributed by atoms with Crippen LogP contribution in [-0.4, -0.2) is 16.7 Å². The predicted molar refractivity (Wildman–Crippen MR) is 89.8 cm³/mol. The standard InChI is InChI=1S/C18H17ClO4/c1-9(20)15(10(2)21)17-16(11(3)22)12(4)23-18(17)13-5-7-14(19)8-6-13/h5-8,20H,1-4H3/b15-9+. The molecule has 0 fully saturated rings. The van der Waals surface area contributed by atoms with Crippen LogP contribution < -0.4 is 0 Å². The maximum atomic E-state index is 12.0. The number of rotatable bonds is 4. The summed E-state index contributed by atoms with van der Waals surface area (Å²) in [5.41, 5.74) is 1.37. The molecule has 0 radical (unpaired) electrons. The highest BCUT2D eigenvalue weighted by molar-refractivity contribution is 6.30. The van der Waals surface area contributed by atoms with Crippen molar-refractivity contribution in [3.05, 3.63) is 51.9 Å². The number of aryl methyl sites for hydroxylation is 1. The molecule has 0 unspecified atom stereocenters. The van der Waals surface area contributed by atoms with Gasteiger partial charge in [-0.1, -0.05) is 11.6 Å². The average molecular weight is 333 g/mol. The van der Waals surface area contributed by atoms with E-state index in [0.717, 1.165) is 0 Å². The first kappa shape index (κ1) is 17.0. The Bertz CT molecular complexity index is 806. The smallest absolute Gasteiger partial charge is 0.163 e. The molecular formula is C18H17ClO4. The predicted octanol–water partition coefficient (Wildman–Crippen LogP) is 4.99. The van der Waals surface area contributed by atoms with Gasteiger partial charge >= 0.3 is 0 Å². The molecule has 0 bridgehead atoms. The van der Waals surface area contributed by atoms with E-state index in [0.29, 0.717) is 33.2 Å². The van der Waals surface area contributed by atoms with Crippen LogP contribution in [0.15, 0.2) is 34.4 Å². The molecule has 1 aromatic heterocycles. The number of carbonyl (C=O) groups excluding carboxylic acids is 2. The van der Waals surface area contributed by atoms with Crippen molar-refractivity contribution in [1.29, 1.82) is 0 Å². The summed E-state index contributed by atoms with van der Waals surface area (Å²) in [6, 6.07) is 6.85. The van der Waals surface area contributed by atoms with E-state index < -0.39 is 0 Å². The van der Waals surface area contributed by atoms with Crippen LogP contribution in [0, 0.1) is 6.92 Å². The van der Waals surface area contributed by atoms with Gasteiger partial charge in [-0.2, -0.15) is 0 Å². The van der Waals surface area contributed by atoms with Crippen LogP contribution in [0.2, 0.25) is 5.02 Å². The summed E-state index contributed by atoms with van der Waals surface area (Å²) in [5.74, 6) is 0.0291. The van der Waals surface area contributed by atoms with Gasteiger partial charge in [0, 0.05) is 16.1 Å². The van der Waals surface area contributed by atoms with Gasteiger partial charge in [0.2, 0.25) is 0 Å². The third-order valence-corrected chi connectivity index (χ3v) is 3.76. The molecule has 23 heavy (non-hydrogen) atoms. The maximum Gasteiger partial charge on any atom is 0.163 e. The van der Waals surface area contributed by atoms with Crippen molar-refractivity contribution in [2.24, 2.45) is 0 Å². The number of carbonyl (C=O) groups is 2. The van der Waals surface area contributed by atoms with Gasteiger partial charge in [-0.25, -0.2) is 0 Å². The summed E-state index contributed by atoms with van der Waals surface area (Å²) in [6.07, 6.45) is 0. The Hall–Kier alpha value is -2.33. The van der Waals surface area contributed by atoms with Gasteiger partial charge in [-0.3, -0.25) is 9.59 Å². The summed E-state index contributed by atoms with van der Waals surface area (Å²) in [7, 11) is 0. The summed E-state index contributed by atoms with van der Waals surface area (Å²) in [4.78, 5) is 24.1. The molecule has 1 heterocycles. The molecule has 5 heteroatoms. The minimum atomic E-state index is -0.344. The number of aliphatic hydroxyl groups excluding tert-OH is 1.